The van der Waals surface area contributed by atoms with Crippen molar-refractivity contribution in [3.8, 4) is 0 Å². The minimum Gasteiger partial charge on any atom is -0.466 e. The van der Waals surface area contributed by atoms with Crippen molar-refractivity contribution >= 4 is 5.97 Å². The van der Waals surface area contributed by atoms with Crippen molar-refractivity contribution in [3.05, 3.63) is 0 Å². The van der Waals surface area contributed by atoms with Gasteiger partial charge in [-0.3, -0.25) is 4.79 Å². The summed E-state index contributed by atoms with van der Waals surface area (Å²) in [5.41, 5.74) is -1.13. The number of rotatable bonds is 5. The van der Waals surface area contributed by atoms with E-state index in [9.17, 15) is 9.90 Å². The predicted molar refractivity (Wildman–Crippen MR) is 51.9 cm³/mol. The van der Waals surface area contributed by atoms with Gasteiger partial charge in [0.25, 0.3) is 0 Å². The zero-order valence-electron chi connectivity index (χ0n) is 9.15. The molecule has 0 aliphatic carbocycles. The first kappa shape index (κ1) is 13.0. The first-order valence-electron chi connectivity index (χ1n) is 4.59. The van der Waals surface area contributed by atoms with Crippen molar-refractivity contribution in [1.29, 1.82) is 0 Å². The maximum atomic E-state index is 10.4. The Balaban J connectivity index is 3.70. The van der Waals surface area contributed by atoms with Crippen LogP contribution in [0.1, 0.15) is 34.1 Å². The molecule has 0 radical (unpaired) electrons. The van der Waals surface area contributed by atoms with Gasteiger partial charge < -0.3 is 9.84 Å². The number of nitrogens with zero attached hydrogens (tertiary/aromatic N) is 2. The van der Waals surface area contributed by atoms with Crippen LogP contribution >= 0.6 is 0 Å². The monoisotopic (exact) mass is 202 g/mol. The van der Waals surface area contributed by atoms with E-state index >= 15 is 0 Å². The van der Waals surface area contributed by atoms with Gasteiger partial charge in [-0.1, -0.05) is 0 Å². The van der Waals surface area contributed by atoms with Crippen molar-refractivity contribution in [1.82, 2.24) is 0 Å². The molecule has 0 saturated carbocycles. The fraction of sp³-hybridized carbons (Fsp3) is 0.889. The van der Waals surface area contributed by atoms with Crippen molar-refractivity contribution in [2.75, 3.05) is 6.61 Å². The van der Waals surface area contributed by atoms with Crippen LogP contribution in [0.15, 0.2) is 10.2 Å². The van der Waals surface area contributed by atoms with Crippen LogP contribution in [0.25, 0.3) is 0 Å². The number of hydrogen-bond acceptors (Lipinski definition) is 5. The van der Waals surface area contributed by atoms with E-state index in [2.05, 4.69) is 10.2 Å². The second kappa shape index (κ2) is 5.70. The molecular weight excluding hydrogens is 184 g/mol. The molecule has 1 atom stereocenters. The molecule has 82 valence electrons. The summed E-state index contributed by atoms with van der Waals surface area (Å²) in [5, 5.41) is 16.8. The lowest BCUT2D eigenvalue weighted by atomic mass is 10.3. The SMILES string of the molecule is CC(=O)OCCC(C)/N=N/C(C)(C)O. The first-order valence-corrected chi connectivity index (χ1v) is 4.59. The Morgan fingerprint density at radius 1 is 1.57 bits per heavy atom. The van der Waals surface area contributed by atoms with E-state index in [4.69, 9.17) is 4.74 Å². The van der Waals surface area contributed by atoms with Crippen LogP contribution in [0.3, 0.4) is 0 Å². The molecule has 0 heterocycles. The minimum atomic E-state index is -1.13. The highest BCUT2D eigenvalue weighted by Gasteiger charge is 2.10. The van der Waals surface area contributed by atoms with Gasteiger partial charge in [-0.05, 0) is 20.8 Å². The molecular formula is C9H18N2O3. The number of aliphatic hydroxyl groups is 1. The summed E-state index contributed by atoms with van der Waals surface area (Å²) in [6.45, 7) is 6.65. The van der Waals surface area contributed by atoms with Gasteiger partial charge in [0.1, 0.15) is 0 Å². The van der Waals surface area contributed by atoms with E-state index in [1.807, 2.05) is 6.92 Å². The van der Waals surface area contributed by atoms with Crippen molar-refractivity contribution < 1.29 is 14.6 Å². The predicted octanol–water partition coefficient (Wildman–Crippen LogP) is 1.51. The Morgan fingerprint density at radius 3 is 2.57 bits per heavy atom. The van der Waals surface area contributed by atoms with Crippen molar-refractivity contribution in [3.63, 3.8) is 0 Å². The minimum absolute atomic E-state index is 0.0548. The highest BCUT2D eigenvalue weighted by atomic mass is 16.5. The zero-order chi connectivity index (χ0) is 11.2. The lowest BCUT2D eigenvalue weighted by molar-refractivity contribution is -0.141. The molecule has 0 aromatic heterocycles. The van der Waals surface area contributed by atoms with Gasteiger partial charge in [0, 0.05) is 13.3 Å². The topological polar surface area (TPSA) is 71.2 Å². The molecule has 0 rings (SSSR count). The van der Waals surface area contributed by atoms with Gasteiger partial charge in [-0.25, -0.2) is 0 Å². The summed E-state index contributed by atoms with van der Waals surface area (Å²) in [4.78, 5) is 10.4. The van der Waals surface area contributed by atoms with Crippen LogP contribution in [0.4, 0.5) is 0 Å². The van der Waals surface area contributed by atoms with Gasteiger partial charge >= 0.3 is 5.97 Å². The van der Waals surface area contributed by atoms with E-state index < -0.39 is 5.72 Å². The van der Waals surface area contributed by atoms with E-state index in [1.54, 1.807) is 13.8 Å². The standard InChI is InChI=1S/C9H18N2O3/c1-7(5-6-14-8(2)12)10-11-9(3,4)13/h7,13H,5-6H2,1-4H3/b11-10+. The summed E-state index contributed by atoms with van der Waals surface area (Å²) in [6, 6.07) is -0.0548. The maximum Gasteiger partial charge on any atom is 0.302 e. The second-order valence-corrected chi connectivity index (χ2v) is 3.69. The number of carbonyl (C=O) groups excluding carboxylic acids is 1. The number of carbonyl (C=O) groups is 1. The Morgan fingerprint density at radius 2 is 2.14 bits per heavy atom. The number of azo groups is 1. The first-order chi connectivity index (χ1) is 6.31. The highest BCUT2D eigenvalue weighted by molar-refractivity contribution is 5.65. The molecule has 0 spiro atoms. The fourth-order valence-electron chi connectivity index (χ4n) is 0.671. The third-order valence-electron chi connectivity index (χ3n) is 1.34. The molecule has 0 aromatic carbocycles. The van der Waals surface area contributed by atoms with Gasteiger partial charge in [0.05, 0.1) is 12.6 Å². The average Bonchev–Trinajstić information content (AvgIpc) is 1.99. The van der Waals surface area contributed by atoms with E-state index in [-0.39, 0.29) is 12.0 Å². The number of ether oxygens (including phenoxy) is 1. The van der Waals surface area contributed by atoms with Crippen LogP contribution in [0.2, 0.25) is 0 Å². The third-order valence-corrected chi connectivity index (χ3v) is 1.34. The van der Waals surface area contributed by atoms with E-state index in [0.717, 1.165) is 0 Å². The van der Waals surface area contributed by atoms with E-state index in [1.165, 1.54) is 6.92 Å². The maximum absolute atomic E-state index is 10.4. The normalized spacial score (nSPS) is 14.4. The summed E-state index contributed by atoms with van der Waals surface area (Å²) in [5.74, 6) is -0.295. The van der Waals surface area contributed by atoms with Crippen LogP contribution in [-0.4, -0.2) is 29.4 Å². The summed E-state index contributed by atoms with van der Waals surface area (Å²) < 4.78 is 4.74. The molecule has 0 fully saturated rings. The molecule has 14 heavy (non-hydrogen) atoms. The quantitative estimate of drug-likeness (QED) is 0.542. The smallest absolute Gasteiger partial charge is 0.302 e. The number of esters is 1. The number of hydrogen-bond donors (Lipinski definition) is 1. The molecule has 1 N–H and O–H groups in total. The highest BCUT2D eigenvalue weighted by Crippen LogP contribution is 2.06. The molecule has 0 bridgehead atoms. The van der Waals surface area contributed by atoms with E-state index in [0.29, 0.717) is 13.0 Å². The van der Waals surface area contributed by atoms with Crippen molar-refractivity contribution in [2.45, 2.75) is 45.9 Å². The second-order valence-electron chi connectivity index (χ2n) is 3.69. The van der Waals surface area contributed by atoms with Crippen LogP contribution < -0.4 is 0 Å². The van der Waals surface area contributed by atoms with Crippen LogP contribution in [-0.2, 0) is 9.53 Å². The molecule has 0 amide bonds. The Hall–Kier alpha value is -0.970. The lowest BCUT2D eigenvalue weighted by Crippen LogP contribution is -2.15. The molecule has 5 nitrogen and oxygen atoms in total. The van der Waals surface area contributed by atoms with Gasteiger partial charge in [0.2, 0.25) is 0 Å². The average molecular weight is 202 g/mol. The van der Waals surface area contributed by atoms with Crippen LogP contribution in [0.5, 0.6) is 0 Å². The van der Waals surface area contributed by atoms with Crippen molar-refractivity contribution in [2.24, 2.45) is 10.2 Å². The molecule has 0 saturated heterocycles. The fourth-order valence-corrected chi connectivity index (χ4v) is 0.671. The summed E-state index contributed by atoms with van der Waals surface area (Å²) in [6.07, 6.45) is 0.610. The Labute approximate surface area is 84.2 Å². The molecule has 0 aliphatic rings. The molecule has 1 unspecified atom stereocenters. The third kappa shape index (κ3) is 9.12. The zero-order valence-corrected chi connectivity index (χ0v) is 9.15. The molecule has 0 aliphatic heterocycles. The van der Waals surface area contributed by atoms with Crippen LogP contribution in [0, 0.1) is 0 Å². The molecule has 5 heteroatoms. The lowest BCUT2D eigenvalue weighted by Gasteiger charge is -2.10. The summed E-state index contributed by atoms with van der Waals surface area (Å²) in [7, 11) is 0. The summed E-state index contributed by atoms with van der Waals surface area (Å²) >= 11 is 0. The van der Waals surface area contributed by atoms with Gasteiger partial charge in [-0.2, -0.15) is 10.2 Å². The molecule has 0 aromatic rings. The Bertz CT molecular complexity index is 209. The largest absolute Gasteiger partial charge is 0.466 e. The van der Waals surface area contributed by atoms with Gasteiger partial charge in [-0.15, -0.1) is 0 Å². The van der Waals surface area contributed by atoms with Gasteiger partial charge in [0.15, 0.2) is 5.72 Å². The Kier molecular flexibility index (Phi) is 5.30.